The van der Waals surface area contributed by atoms with Crippen LogP contribution >= 0.6 is 0 Å². The molecule has 1 amide bonds. The van der Waals surface area contributed by atoms with Gasteiger partial charge in [-0.05, 0) is 31.4 Å². The molecule has 1 aromatic carbocycles. The number of aryl methyl sites for hydroxylation is 1. The summed E-state index contributed by atoms with van der Waals surface area (Å²) >= 11 is 0. The number of halogens is 3. The number of carbonyl (C=O) groups excluding carboxylic acids is 2. The number of ether oxygens (including phenoxy) is 1. The lowest BCUT2D eigenvalue weighted by atomic mass is 10.0. The molecule has 0 saturated heterocycles. The SMILES string of the molecule is CONC(=O)c1ccc(C)c(-n2ccnc(C3CCCC3)c2=O)c1OC(=O)C(F)(F)F. The smallest absolute Gasteiger partial charge is 0.417 e. The first-order chi connectivity index (χ1) is 14.6. The molecule has 1 aromatic heterocycles. The molecule has 0 spiro atoms. The van der Waals surface area contributed by atoms with E-state index in [1.807, 2.05) is 5.48 Å². The van der Waals surface area contributed by atoms with Gasteiger partial charge in [0.15, 0.2) is 5.75 Å². The van der Waals surface area contributed by atoms with Crippen LogP contribution in [0.1, 0.15) is 53.2 Å². The Morgan fingerprint density at radius 3 is 2.52 bits per heavy atom. The second-order valence-electron chi connectivity index (χ2n) is 7.10. The van der Waals surface area contributed by atoms with E-state index in [1.54, 1.807) is 0 Å². The Bertz CT molecular complexity index is 1060. The number of nitrogens with one attached hydrogen (secondary N) is 1. The molecule has 166 valence electrons. The first-order valence-corrected chi connectivity index (χ1v) is 9.49. The number of aromatic nitrogens is 2. The van der Waals surface area contributed by atoms with Crippen LogP contribution in [0.5, 0.6) is 5.75 Å². The molecule has 0 aliphatic heterocycles. The monoisotopic (exact) mass is 439 g/mol. The van der Waals surface area contributed by atoms with Crippen molar-refractivity contribution in [2.75, 3.05) is 7.11 Å². The molecule has 1 aliphatic rings. The predicted molar refractivity (Wildman–Crippen MR) is 102 cm³/mol. The number of rotatable bonds is 5. The molecule has 0 unspecified atom stereocenters. The predicted octanol–water partition coefficient (Wildman–Crippen LogP) is 2.96. The maximum Gasteiger partial charge on any atom is 0.491 e. The van der Waals surface area contributed by atoms with Gasteiger partial charge in [0.1, 0.15) is 5.69 Å². The molecule has 2 aromatic rings. The quantitative estimate of drug-likeness (QED) is 0.437. The zero-order valence-corrected chi connectivity index (χ0v) is 16.8. The average Bonchev–Trinajstić information content (AvgIpc) is 3.23. The third-order valence-corrected chi connectivity index (χ3v) is 5.05. The first kappa shape index (κ1) is 22.5. The molecule has 0 radical (unpaired) electrons. The molecule has 1 N–H and O–H groups in total. The molecule has 3 rings (SSSR count). The Labute approximate surface area is 174 Å². The summed E-state index contributed by atoms with van der Waals surface area (Å²) in [6.45, 7) is 1.51. The van der Waals surface area contributed by atoms with E-state index in [0.29, 0.717) is 5.56 Å². The van der Waals surface area contributed by atoms with Crippen LogP contribution in [0.25, 0.3) is 5.69 Å². The Morgan fingerprint density at radius 1 is 1.23 bits per heavy atom. The van der Waals surface area contributed by atoms with E-state index in [0.717, 1.165) is 37.4 Å². The number of alkyl halides is 3. The van der Waals surface area contributed by atoms with Gasteiger partial charge in [-0.15, -0.1) is 0 Å². The van der Waals surface area contributed by atoms with Gasteiger partial charge in [-0.25, -0.2) is 10.3 Å². The lowest BCUT2D eigenvalue weighted by molar-refractivity contribution is -0.189. The Morgan fingerprint density at radius 2 is 1.90 bits per heavy atom. The highest BCUT2D eigenvalue weighted by Crippen LogP contribution is 2.34. The molecule has 0 bridgehead atoms. The van der Waals surface area contributed by atoms with Crippen LogP contribution in [0, 0.1) is 6.92 Å². The summed E-state index contributed by atoms with van der Waals surface area (Å²) in [6, 6.07) is 2.60. The molecule has 1 aliphatic carbocycles. The highest BCUT2D eigenvalue weighted by Gasteiger charge is 2.42. The van der Waals surface area contributed by atoms with Gasteiger partial charge in [0.05, 0.1) is 18.4 Å². The topological polar surface area (TPSA) is 99.5 Å². The number of amides is 1. The minimum Gasteiger partial charge on any atom is -0.417 e. The lowest BCUT2D eigenvalue weighted by Crippen LogP contribution is -2.32. The zero-order chi connectivity index (χ0) is 22.8. The summed E-state index contributed by atoms with van der Waals surface area (Å²) in [4.78, 5) is 45.8. The number of hydroxylamine groups is 1. The molecule has 1 saturated carbocycles. The van der Waals surface area contributed by atoms with Crippen LogP contribution < -0.4 is 15.8 Å². The molecule has 31 heavy (non-hydrogen) atoms. The van der Waals surface area contributed by atoms with Gasteiger partial charge in [-0.3, -0.25) is 24.0 Å². The van der Waals surface area contributed by atoms with Gasteiger partial charge in [0, 0.05) is 18.3 Å². The summed E-state index contributed by atoms with van der Waals surface area (Å²) in [5.41, 5.74) is 1.44. The van der Waals surface area contributed by atoms with Crippen molar-refractivity contribution in [1.29, 1.82) is 0 Å². The van der Waals surface area contributed by atoms with Crippen molar-refractivity contribution in [3.8, 4) is 11.4 Å². The molecule has 8 nitrogen and oxygen atoms in total. The van der Waals surface area contributed by atoms with Crippen LogP contribution in [-0.4, -0.2) is 34.7 Å². The minimum atomic E-state index is -5.31. The summed E-state index contributed by atoms with van der Waals surface area (Å²) in [5, 5.41) is 0. The Hall–Kier alpha value is -3.21. The minimum absolute atomic E-state index is 0.0681. The standard InChI is InChI=1S/C20H20F3N3O5/c1-11-7-8-13(17(27)25-30-2)16(31-19(29)20(21,22)23)15(11)26-10-9-24-14(18(26)28)12-5-3-4-6-12/h7-10,12H,3-6H2,1-2H3,(H,25,27). The second kappa shape index (κ2) is 8.88. The average molecular weight is 439 g/mol. The molecular formula is C20H20F3N3O5. The van der Waals surface area contributed by atoms with Crippen LogP contribution in [0.15, 0.2) is 29.3 Å². The maximum atomic E-state index is 13.2. The summed E-state index contributed by atoms with van der Waals surface area (Å²) in [6.07, 6.45) is 0.739. The van der Waals surface area contributed by atoms with Crippen LogP contribution in [-0.2, 0) is 9.63 Å². The van der Waals surface area contributed by atoms with Gasteiger partial charge in [0.25, 0.3) is 11.5 Å². The van der Waals surface area contributed by atoms with E-state index in [-0.39, 0.29) is 17.3 Å². The van der Waals surface area contributed by atoms with Crippen LogP contribution in [0.4, 0.5) is 13.2 Å². The van der Waals surface area contributed by atoms with Crippen molar-refractivity contribution in [2.45, 2.75) is 44.7 Å². The van der Waals surface area contributed by atoms with Gasteiger partial charge in [-0.1, -0.05) is 18.9 Å². The molecule has 0 atom stereocenters. The molecular weight excluding hydrogens is 419 g/mol. The number of nitrogens with zero attached hydrogens (tertiary/aromatic N) is 2. The van der Waals surface area contributed by atoms with Crippen molar-refractivity contribution in [3.63, 3.8) is 0 Å². The van der Waals surface area contributed by atoms with E-state index < -0.39 is 34.9 Å². The van der Waals surface area contributed by atoms with E-state index in [1.165, 1.54) is 31.5 Å². The van der Waals surface area contributed by atoms with Gasteiger partial charge in [0.2, 0.25) is 0 Å². The first-order valence-electron chi connectivity index (χ1n) is 9.49. The summed E-state index contributed by atoms with van der Waals surface area (Å²) in [5.74, 6) is -4.25. The Kier molecular flexibility index (Phi) is 6.44. The van der Waals surface area contributed by atoms with Crippen LogP contribution in [0.2, 0.25) is 0 Å². The molecule has 1 heterocycles. The van der Waals surface area contributed by atoms with Crippen molar-refractivity contribution in [3.05, 3.63) is 51.7 Å². The number of esters is 1. The van der Waals surface area contributed by atoms with E-state index in [4.69, 9.17) is 0 Å². The summed E-state index contributed by atoms with van der Waals surface area (Å²) in [7, 11) is 1.13. The third kappa shape index (κ3) is 4.61. The number of carbonyl (C=O) groups is 2. The van der Waals surface area contributed by atoms with Crippen LogP contribution in [0.3, 0.4) is 0 Å². The van der Waals surface area contributed by atoms with Crippen molar-refractivity contribution < 1.29 is 32.3 Å². The fraction of sp³-hybridized carbons (Fsp3) is 0.400. The summed E-state index contributed by atoms with van der Waals surface area (Å²) < 4.78 is 44.4. The largest absolute Gasteiger partial charge is 0.491 e. The number of hydrogen-bond donors (Lipinski definition) is 1. The van der Waals surface area contributed by atoms with Gasteiger partial charge < -0.3 is 4.74 Å². The van der Waals surface area contributed by atoms with Gasteiger partial charge >= 0.3 is 12.1 Å². The molecule has 1 fully saturated rings. The maximum absolute atomic E-state index is 13.2. The zero-order valence-electron chi connectivity index (χ0n) is 16.8. The normalized spacial score (nSPS) is 14.5. The highest BCUT2D eigenvalue weighted by atomic mass is 19.4. The van der Waals surface area contributed by atoms with Crippen molar-refractivity contribution >= 4 is 11.9 Å². The third-order valence-electron chi connectivity index (χ3n) is 5.05. The van der Waals surface area contributed by atoms with E-state index in [2.05, 4.69) is 14.6 Å². The lowest BCUT2D eigenvalue weighted by Gasteiger charge is -2.19. The molecule has 11 heteroatoms. The number of benzene rings is 1. The van der Waals surface area contributed by atoms with Gasteiger partial charge in [-0.2, -0.15) is 13.2 Å². The van der Waals surface area contributed by atoms with Crippen molar-refractivity contribution in [1.82, 2.24) is 15.0 Å². The number of hydrogen-bond acceptors (Lipinski definition) is 6. The highest BCUT2D eigenvalue weighted by molar-refractivity contribution is 5.99. The van der Waals surface area contributed by atoms with E-state index >= 15 is 0 Å². The fourth-order valence-corrected chi connectivity index (χ4v) is 3.63. The fourth-order valence-electron chi connectivity index (χ4n) is 3.63. The Balaban J connectivity index is 2.23. The van der Waals surface area contributed by atoms with Crippen molar-refractivity contribution in [2.24, 2.45) is 0 Å². The second-order valence-corrected chi connectivity index (χ2v) is 7.10. The van der Waals surface area contributed by atoms with E-state index in [9.17, 15) is 27.6 Å².